The highest BCUT2D eigenvalue weighted by Gasteiger charge is 2.09. The molecule has 1 atom stereocenters. The molecule has 2 heterocycles. The molecule has 3 rings (SSSR count). The second kappa shape index (κ2) is 4.90. The SMILES string of the molecule is CC(Nc1ccc(N)c2cnccc12)c1cccs1. The van der Waals surface area contributed by atoms with Crippen LogP contribution in [0.3, 0.4) is 0 Å². The number of hydrogen-bond donors (Lipinski definition) is 2. The number of nitrogen functional groups attached to an aromatic ring is 1. The van der Waals surface area contributed by atoms with Gasteiger partial charge in [-0.15, -0.1) is 11.3 Å². The highest BCUT2D eigenvalue weighted by molar-refractivity contribution is 7.10. The summed E-state index contributed by atoms with van der Waals surface area (Å²) in [6.45, 7) is 2.16. The molecule has 0 spiro atoms. The monoisotopic (exact) mass is 269 g/mol. The van der Waals surface area contributed by atoms with E-state index in [9.17, 15) is 0 Å². The zero-order chi connectivity index (χ0) is 13.2. The third-order valence-corrected chi connectivity index (χ3v) is 4.25. The third kappa shape index (κ3) is 2.27. The summed E-state index contributed by atoms with van der Waals surface area (Å²) < 4.78 is 0. The Morgan fingerprint density at radius 3 is 2.89 bits per heavy atom. The number of fused-ring (bicyclic) bond motifs is 1. The molecule has 1 aromatic carbocycles. The van der Waals surface area contributed by atoms with Crippen molar-refractivity contribution in [2.24, 2.45) is 0 Å². The molecule has 0 aliphatic rings. The van der Waals surface area contributed by atoms with Crippen LogP contribution in [0.5, 0.6) is 0 Å². The molecule has 19 heavy (non-hydrogen) atoms. The van der Waals surface area contributed by atoms with Crippen molar-refractivity contribution in [3.63, 3.8) is 0 Å². The van der Waals surface area contributed by atoms with Gasteiger partial charge in [-0.3, -0.25) is 4.98 Å². The number of aromatic nitrogens is 1. The first kappa shape index (κ1) is 12.0. The summed E-state index contributed by atoms with van der Waals surface area (Å²) in [6.07, 6.45) is 3.61. The van der Waals surface area contributed by atoms with Gasteiger partial charge >= 0.3 is 0 Å². The van der Waals surface area contributed by atoms with Crippen LogP contribution in [0.4, 0.5) is 11.4 Å². The van der Waals surface area contributed by atoms with E-state index >= 15 is 0 Å². The highest BCUT2D eigenvalue weighted by atomic mass is 32.1. The number of thiophene rings is 1. The van der Waals surface area contributed by atoms with E-state index in [1.807, 2.05) is 24.4 Å². The van der Waals surface area contributed by atoms with Crippen molar-refractivity contribution in [1.82, 2.24) is 4.98 Å². The average Bonchev–Trinajstić information content (AvgIpc) is 2.96. The molecule has 96 valence electrons. The van der Waals surface area contributed by atoms with Crippen molar-refractivity contribution in [2.75, 3.05) is 11.1 Å². The van der Waals surface area contributed by atoms with Gasteiger partial charge in [0.05, 0.1) is 6.04 Å². The fourth-order valence-corrected chi connectivity index (χ4v) is 2.91. The normalized spacial score (nSPS) is 12.5. The summed E-state index contributed by atoms with van der Waals surface area (Å²) in [7, 11) is 0. The molecule has 3 aromatic rings. The van der Waals surface area contributed by atoms with E-state index in [0.29, 0.717) is 0 Å². The molecule has 0 saturated carbocycles. The van der Waals surface area contributed by atoms with E-state index in [-0.39, 0.29) is 6.04 Å². The number of nitrogens with one attached hydrogen (secondary N) is 1. The number of anilines is 2. The largest absolute Gasteiger partial charge is 0.398 e. The highest BCUT2D eigenvalue weighted by Crippen LogP contribution is 2.31. The van der Waals surface area contributed by atoms with Crippen LogP contribution >= 0.6 is 11.3 Å². The van der Waals surface area contributed by atoms with Gasteiger partial charge < -0.3 is 11.1 Å². The van der Waals surface area contributed by atoms with Crippen molar-refractivity contribution in [2.45, 2.75) is 13.0 Å². The minimum absolute atomic E-state index is 0.278. The zero-order valence-corrected chi connectivity index (χ0v) is 11.4. The molecule has 3 N–H and O–H groups in total. The Kier molecular flexibility index (Phi) is 3.09. The van der Waals surface area contributed by atoms with Gasteiger partial charge in [0.2, 0.25) is 0 Å². The first-order valence-corrected chi connectivity index (χ1v) is 7.06. The van der Waals surface area contributed by atoms with Crippen LogP contribution in [0.1, 0.15) is 17.8 Å². The maximum absolute atomic E-state index is 5.98. The van der Waals surface area contributed by atoms with E-state index in [2.05, 4.69) is 34.7 Å². The van der Waals surface area contributed by atoms with Crippen LogP contribution in [-0.4, -0.2) is 4.98 Å². The minimum Gasteiger partial charge on any atom is -0.398 e. The molecule has 4 heteroatoms. The Hall–Kier alpha value is -2.07. The topological polar surface area (TPSA) is 50.9 Å². The maximum atomic E-state index is 5.98. The van der Waals surface area contributed by atoms with Crippen LogP contribution in [0.2, 0.25) is 0 Å². The molecule has 0 amide bonds. The Labute approximate surface area is 116 Å². The molecule has 0 aliphatic carbocycles. The second-order valence-corrected chi connectivity index (χ2v) is 5.48. The Bertz CT molecular complexity index is 692. The summed E-state index contributed by atoms with van der Waals surface area (Å²) in [6, 6.07) is 10.4. The molecule has 1 unspecified atom stereocenters. The predicted molar refractivity (Wildman–Crippen MR) is 82.5 cm³/mol. The first-order chi connectivity index (χ1) is 9.25. The van der Waals surface area contributed by atoms with E-state index in [4.69, 9.17) is 5.73 Å². The lowest BCUT2D eigenvalue weighted by Gasteiger charge is -2.16. The summed E-state index contributed by atoms with van der Waals surface area (Å²) in [5.41, 5.74) is 7.84. The molecule has 0 fully saturated rings. The van der Waals surface area contributed by atoms with Gasteiger partial charge in [0.15, 0.2) is 0 Å². The lowest BCUT2D eigenvalue weighted by molar-refractivity contribution is 0.910. The number of hydrogen-bond acceptors (Lipinski definition) is 4. The fraction of sp³-hybridized carbons (Fsp3) is 0.133. The van der Waals surface area contributed by atoms with Crippen LogP contribution in [0, 0.1) is 0 Å². The fourth-order valence-electron chi connectivity index (χ4n) is 2.18. The summed E-state index contributed by atoms with van der Waals surface area (Å²) in [5.74, 6) is 0. The second-order valence-electron chi connectivity index (χ2n) is 4.51. The number of nitrogens with zero attached hydrogens (tertiary/aromatic N) is 1. The minimum atomic E-state index is 0.278. The third-order valence-electron chi connectivity index (χ3n) is 3.19. The Morgan fingerprint density at radius 2 is 2.11 bits per heavy atom. The average molecular weight is 269 g/mol. The van der Waals surface area contributed by atoms with Gasteiger partial charge in [0.1, 0.15) is 0 Å². The van der Waals surface area contributed by atoms with E-state index < -0.39 is 0 Å². The summed E-state index contributed by atoms with van der Waals surface area (Å²) in [4.78, 5) is 5.46. The molecular formula is C15H15N3S. The van der Waals surface area contributed by atoms with Gasteiger partial charge in [-0.1, -0.05) is 6.07 Å². The molecule has 2 aromatic heterocycles. The Balaban J connectivity index is 2.00. The molecule has 0 aliphatic heterocycles. The van der Waals surface area contributed by atoms with Crippen LogP contribution < -0.4 is 11.1 Å². The molecule has 0 saturated heterocycles. The van der Waals surface area contributed by atoms with Crippen molar-refractivity contribution in [1.29, 1.82) is 0 Å². The zero-order valence-electron chi connectivity index (χ0n) is 10.6. The maximum Gasteiger partial charge on any atom is 0.0578 e. The molecular weight excluding hydrogens is 254 g/mol. The van der Waals surface area contributed by atoms with Crippen LogP contribution in [0.25, 0.3) is 10.8 Å². The van der Waals surface area contributed by atoms with Crippen molar-refractivity contribution in [3.05, 3.63) is 53.0 Å². The first-order valence-electron chi connectivity index (χ1n) is 6.18. The standard InChI is InChI=1S/C15H15N3S/c1-10(15-3-2-8-19-15)18-14-5-4-13(16)12-9-17-7-6-11(12)14/h2-10,18H,16H2,1H3. The molecule has 3 nitrogen and oxygen atoms in total. The number of nitrogens with two attached hydrogens (primary N) is 1. The number of rotatable bonds is 3. The smallest absolute Gasteiger partial charge is 0.0578 e. The molecule has 0 radical (unpaired) electrons. The van der Waals surface area contributed by atoms with Crippen molar-refractivity contribution < 1.29 is 0 Å². The number of benzene rings is 1. The van der Waals surface area contributed by atoms with E-state index in [1.165, 1.54) is 4.88 Å². The van der Waals surface area contributed by atoms with E-state index in [0.717, 1.165) is 22.1 Å². The Morgan fingerprint density at radius 1 is 1.21 bits per heavy atom. The van der Waals surface area contributed by atoms with E-state index in [1.54, 1.807) is 17.5 Å². The van der Waals surface area contributed by atoms with Crippen LogP contribution in [-0.2, 0) is 0 Å². The number of pyridine rings is 1. The lowest BCUT2D eigenvalue weighted by atomic mass is 10.1. The van der Waals surface area contributed by atoms with Gasteiger partial charge in [-0.25, -0.2) is 0 Å². The van der Waals surface area contributed by atoms with Gasteiger partial charge in [-0.2, -0.15) is 0 Å². The predicted octanol–water partition coefficient (Wildman–Crippen LogP) is 4.05. The quantitative estimate of drug-likeness (QED) is 0.705. The van der Waals surface area contributed by atoms with Gasteiger partial charge in [0.25, 0.3) is 0 Å². The summed E-state index contributed by atoms with van der Waals surface area (Å²) >= 11 is 1.76. The van der Waals surface area contributed by atoms with Crippen LogP contribution in [0.15, 0.2) is 48.1 Å². The van der Waals surface area contributed by atoms with Gasteiger partial charge in [-0.05, 0) is 36.6 Å². The van der Waals surface area contributed by atoms with Crippen molar-refractivity contribution in [3.8, 4) is 0 Å². The summed E-state index contributed by atoms with van der Waals surface area (Å²) in [5, 5.41) is 7.74. The molecule has 0 bridgehead atoms. The lowest BCUT2D eigenvalue weighted by Crippen LogP contribution is -2.05. The van der Waals surface area contributed by atoms with Gasteiger partial charge in [0, 0.05) is 39.4 Å². The van der Waals surface area contributed by atoms with Crippen molar-refractivity contribution >= 4 is 33.5 Å².